The molecule has 1 N–H and O–H groups in total. The molecule has 1 aromatic heterocycles. The maximum atomic E-state index is 11.9. The zero-order valence-electron chi connectivity index (χ0n) is 10.9. The summed E-state index contributed by atoms with van der Waals surface area (Å²) in [6.07, 6.45) is 0. The topological polar surface area (TPSA) is 51.2 Å². The average molecular weight is 363 g/mol. The summed E-state index contributed by atoms with van der Waals surface area (Å²) in [6, 6.07) is 15.1. The average Bonchev–Trinajstić information content (AvgIpc) is 2.87. The van der Waals surface area contributed by atoms with Crippen molar-refractivity contribution in [1.29, 1.82) is 0 Å². The van der Waals surface area contributed by atoms with Crippen molar-refractivity contribution in [3.8, 4) is 5.75 Å². The first-order valence-electron chi connectivity index (χ1n) is 6.24. The van der Waals surface area contributed by atoms with Crippen LogP contribution in [0.15, 0.2) is 53.0 Å². The molecule has 3 aromatic rings. The Kier molecular flexibility index (Phi) is 4.17. The van der Waals surface area contributed by atoms with Crippen LogP contribution in [0.25, 0.3) is 10.2 Å². The Morgan fingerprint density at radius 2 is 2.10 bits per heavy atom. The highest BCUT2D eigenvalue weighted by atomic mass is 79.9. The quantitative estimate of drug-likeness (QED) is 0.760. The van der Waals surface area contributed by atoms with E-state index in [0.717, 1.165) is 14.7 Å². The van der Waals surface area contributed by atoms with Gasteiger partial charge in [0.15, 0.2) is 11.7 Å². The maximum absolute atomic E-state index is 11.9. The second kappa shape index (κ2) is 6.24. The highest BCUT2D eigenvalue weighted by molar-refractivity contribution is 9.10. The molecule has 1 heterocycles. The van der Waals surface area contributed by atoms with Gasteiger partial charge in [-0.05, 0) is 30.3 Å². The number of nitrogens with zero attached hydrogens (tertiary/aromatic N) is 1. The van der Waals surface area contributed by atoms with Crippen molar-refractivity contribution in [3.05, 3.63) is 53.0 Å². The Morgan fingerprint density at radius 1 is 1.24 bits per heavy atom. The molecule has 0 aliphatic carbocycles. The van der Waals surface area contributed by atoms with Gasteiger partial charge in [-0.2, -0.15) is 0 Å². The van der Waals surface area contributed by atoms with Crippen LogP contribution in [0.3, 0.4) is 0 Å². The Bertz CT molecular complexity index is 755. The van der Waals surface area contributed by atoms with Crippen molar-refractivity contribution in [3.63, 3.8) is 0 Å². The lowest BCUT2D eigenvalue weighted by Crippen LogP contribution is -2.19. The molecule has 0 fully saturated rings. The van der Waals surface area contributed by atoms with Crippen LogP contribution in [-0.2, 0) is 4.79 Å². The third kappa shape index (κ3) is 3.59. The largest absolute Gasteiger partial charge is 0.484 e. The fourth-order valence-electron chi connectivity index (χ4n) is 1.79. The second-order valence-corrected chi connectivity index (χ2v) is 6.23. The van der Waals surface area contributed by atoms with Gasteiger partial charge in [-0.25, -0.2) is 4.98 Å². The van der Waals surface area contributed by atoms with Crippen LogP contribution >= 0.6 is 27.3 Å². The number of para-hydroxylation sites is 1. The van der Waals surface area contributed by atoms with Crippen molar-refractivity contribution >= 4 is 48.5 Å². The van der Waals surface area contributed by atoms with E-state index in [0.29, 0.717) is 10.9 Å². The highest BCUT2D eigenvalue weighted by Gasteiger charge is 2.08. The normalized spacial score (nSPS) is 10.5. The van der Waals surface area contributed by atoms with Gasteiger partial charge < -0.3 is 4.74 Å². The monoisotopic (exact) mass is 362 g/mol. The summed E-state index contributed by atoms with van der Waals surface area (Å²) in [5, 5.41) is 3.33. The summed E-state index contributed by atoms with van der Waals surface area (Å²) in [5.74, 6) is 0.415. The van der Waals surface area contributed by atoms with Gasteiger partial charge in [0.2, 0.25) is 0 Å². The van der Waals surface area contributed by atoms with Gasteiger partial charge in [-0.3, -0.25) is 10.1 Å². The molecular weight excluding hydrogens is 352 g/mol. The zero-order valence-corrected chi connectivity index (χ0v) is 13.3. The Morgan fingerprint density at radius 3 is 2.90 bits per heavy atom. The molecule has 0 atom stereocenters. The first kappa shape index (κ1) is 14.0. The van der Waals surface area contributed by atoms with E-state index < -0.39 is 0 Å². The molecule has 3 rings (SSSR count). The third-order valence-corrected chi connectivity index (χ3v) is 4.15. The van der Waals surface area contributed by atoms with Crippen molar-refractivity contribution in [1.82, 2.24) is 4.98 Å². The molecule has 0 radical (unpaired) electrons. The van der Waals surface area contributed by atoms with Crippen molar-refractivity contribution in [2.24, 2.45) is 0 Å². The minimum absolute atomic E-state index is 0.0492. The molecule has 0 spiro atoms. The molecule has 4 nitrogen and oxygen atoms in total. The summed E-state index contributed by atoms with van der Waals surface area (Å²) in [7, 11) is 0. The van der Waals surface area contributed by atoms with Crippen LogP contribution in [-0.4, -0.2) is 17.5 Å². The van der Waals surface area contributed by atoms with Crippen LogP contribution in [0.2, 0.25) is 0 Å². The first-order valence-corrected chi connectivity index (χ1v) is 7.85. The van der Waals surface area contributed by atoms with Crippen LogP contribution in [0, 0.1) is 0 Å². The zero-order chi connectivity index (χ0) is 14.7. The van der Waals surface area contributed by atoms with Gasteiger partial charge in [-0.15, -0.1) is 0 Å². The number of carbonyl (C=O) groups excluding carboxylic acids is 1. The van der Waals surface area contributed by atoms with E-state index in [9.17, 15) is 4.79 Å². The Hall–Kier alpha value is -1.92. The molecule has 0 saturated carbocycles. The highest BCUT2D eigenvalue weighted by Crippen LogP contribution is 2.25. The van der Waals surface area contributed by atoms with Gasteiger partial charge in [0.1, 0.15) is 5.75 Å². The Balaban J connectivity index is 1.61. The third-order valence-electron chi connectivity index (χ3n) is 2.71. The molecule has 106 valence electrons. The molecule has 0 bridgehead atoms. The maximum Gasteiger partial charge on any atom is 0.264 e. The summed E-state index contributed by atoms with van der Waals surface area (Å²) in [4.78, 5) is 16.2. The van der Waals surface area contributed by atoms with Gasteiger partial charge in [-0.1, -0.05) is 45.5 Å². The molecule has 6 heteroatoms. The fraction of sp³-hybridized carbons (Fsp3) is 0.0667. The molecule has 0 aliphatic rings. The number of halogens is 1. The summed E-state index contributed by atoms with van der Waals surface area (Å²) in [6.45, 7) is -0.0492. The molecule has 1 amide bonds. The van der Waals surface area contributed by atoms with Gasteiger partial charge in [0.25, 0.3) is 5.91 Å². The van der Waals surface area contributed by atoms with E-state index in [1.807, 2.05) is 42.5 Å². The number of fused-ring (bicyclic) bond motifs is 1. The molecule has 0 aliphatic heterocycles. The summed E-state index contributed by atoms with van der Waals surface area (Å²) < 4.78 is 7.38. The van der Waals surface area contributed by atoms with E-state index in [4.69, 9.17) is 4.74 Å². The lowest BCUT2D eigenvalue weighted by Gasteiger charge is -2.05. The van der Waals surface area contributed by atoms with E-state index >= 15 is 0 Å². The van der Waals surface area contributed by atoms with E-state index in [-0.39, 0.29) is 12.5 Å². The number of rotatable bonds is 4. The molecular formula is C15H11BrN2O2S. The summed E-state index contributed by atoms with van der Waals surface area (Å²) >= 11 is 4.80. The van der Waals surface area contributed by atoms with Crippen LogP contribution in [0.1, 0.15) is 0 Å². The minimum Gasteiger partial charge on any atom is -0.484 e. The molecule has 21 heavy (non-hydrogen) atoms. The fourth-order valence-corrected chi connectivity index (χ4v) is 3.05. The number of benzene rings is 2. The van der Waals surface area contributed by atoms with Crippen molar-refractivity contribution < 1.29 is 9.53 Å². The van der Waals surface area contributed by atoms with Gasteiger partial charge >= 0.3 is 0 Å². The Labute approximate surface area is 133 Å². The number of aromatic nitrogens is 1. The lowest BCUT2D eigenvalue weighted by molar-refractivity contribution is -0.118. The number of ether oxygens (including phenoxy) is 1. The van der Waals surface area contributed by atoms with Gasteiger partial charge in [0, 0.05) is 4.47 Å². The standard InChI is InChI=1S/C15H11BrN2O2S/c16-10-4-3-5-11(8-10)20-9-14(19)18-15-17-12-6-1-2-7-13(12)21-15/h1-8H,9H2,(H,17,18,19). The smallest absolute Gasteiger partial charge is 0.264 e. The molecule has 0 unspecified atom stereocenters. The van der Waals surface area contributed by atoms with Gasteiger partial charge in [0.05, 0.1) is 10.2 Å². The number of amides is 1. The first-order chi connectivity index (χ1) is 10.2. The SMILES string of the molecule is O=C(COc1cccc(Br)c1)Nc1nc2ccccc2s1. The molecule has 0 saturated heterocycles. The van der Waals surface area contributed by atoms with Crippen LogP contribution in [0.5, 0.6) is 5.75 Å². The number of hydrogen-bond acceptors (Lipinski definition) is 4. The van der Waals surface area contributed by atoms with E-state index in [2.05, 4.69) is 26.2 Å². The second-order valence-electron chi connectivity index (χ2n) is 4.28. The number of nitrogens with one attached hydrogen (secondary N) is 1. The van der Waals surface area contributed by atoms with E-state index in [1.54, 1.807) is 6.07 Å². The minimum atomic E-state index is -0.228. The predicted octanol–water partition coefficient (Wildman–Crippen LogP) is 4.08. The van der Waals surface area contributed by atoms with Crippen molar-refractivity contribution in [2.45, 2.75) is 0 Å². The van der Waals surface area contributed by atoms with E-state index in [1.165, 1.54) is 11.3 Å². The number of anilines is 1. The number of carbonyl (C=O) groups is 1. The van der Waals surface area contributed by atoms with Crippen LogP contribution < -0.4 is 10.1 Å². The number of thiazole rings is 1. The van der Waals surface area contributed by atoms with Crippen LogP contribution in [0.4, 0.5) is 5.13 Å². The molecule has 2 aromatic carbocycles. The summed E-state index contributed by atoms with van der Waals surface area (Å²) in [5.41, 5.74) is 0.880. The predicted molar refractivity (Wildman–Crippen MR) is 87.9 cm³/mol. The van der Waals surface area contributed by atoms with Crippen molar-refractivity contribution in [2.75, 3.05) is 11.9 Å². The number of hydrogen-bond donors (Lipinski definition) is 1. The lowest BCUT2D eigenvalue weighted by atomic mass is 10.3.